The molecule has 0 bridgehead atoms. The van der Waals surface area contributed by atoms with Gasteiger partial charge in [-0.3, -0.25) is 0 Å². The summed E-state index contributed by atoms with van der Waals surface area (Å²) in [5, 5.41) is 82.1. The molecule has 5 aliphatic rings. The molecular formula is C129H154O21. The van der Waals surface area contributed by atoms with Gasteiger partial charge in [0.1, 0.15) is 91.2 Å². The second kappa shape index (κ2) is 48.2. The Bertz CT molecular complexity index is 6500. The number of aromatic hydroxyl groups is 6. The smallest absolute Gasteiger partial charge is 0.344 e. The molecular weight excluding hydrogens is 1890 g/mol. The Hall–Kier alpha value is -12.9. The Labute approximate surface area is 883 Å². The summed E-state index contributed by atoms with van der Waals surface area (Å²) in [5.41, 5.74) is 6.26. The topological polar surface area (TPSA) is 299 Å². The van der Waals surface area contributed by atoms with E-state index >= 15 is 0 Å². The molecule has 0 atom stereocenters. The van der Waals surface area contributed by atoms with Crippen LogP contribution in [0.2, 0.25) is 0 Å². The first-order valence-corrected chi connectivity index (χ1v) is 55.5. The standard InChI is InChI=1S/C129H154O21/c1-125(2,88-31-16-11-17-32-88)146-115(131)77-141-110-46-26-41-105-100(110)72-59-83(120(105)136)54-67-95-94(66-53-82-51-64-93(130)65-52-82)96(68-55-84-60-73-101-106(121(84)137)42-27-47-111(101)142-78-116(132)147-126(3,4)89-33-18-12-19-34-89)98(70-57-86-62-75-103-108(123(86)139)44-29-49-113(103)144-80-118(134)149-128(7,8)91-37-22-14-23-38-91)99(71-58-87-63-76-104-109(124(87)140)45-30-50-114(104)145-81-119(135)150-129(9,10)92-39-24-15-25-40-92)97(95)69-56-85-61-74-102-107(122(85)138)43-28-48-112(102)143-79-117(133)148-127(5,6)90-35-20-13-21-36-90/h26-30,41-52,59-65,72-76,88-92,130,136-140H,11-25,31-40,53-58,66-71,77-81H2,1-10H3. The molecule has 17 rings (SSSR count). The summed E-state index contributed by atoms with van der Waals surface area (Å²) in [6.45, 7) is 18.1. The number of benzene rings is 12. The van der Waals surface area contributed by atoms with Crippen LogP contribution in [0, 0.1) is 29.6 Å². The summed E-state index contributed by atoms with van der Waals surface area (Å²) in [6.07, 6.45) is 30.2. The fraction of sp³-hybridized carbons (Fsp3) is 0.481. The molecule has 0 heterocycles. The Morgan fingerprint density at radius 2 is 0.393 bits per heavy atom. The van der Waals surface area contributed by atoms with Gasteiger partial charge in [0.25, 0.3) is 0 Å². The van der Waals surface area contributed by atoms with Gasteiger partial charge in [0.05, 0.1) is 0 Å². The lowest BCUT2D eigenvalue weighted by molar-refractivity contribution is -0.166. The van der Waals surface area contributed by atoms with Gasteiger partial charge in [0.2, 0.25) is 0 Å². The molecule has 21 heteroatoms. The largest absolute Gasteiger partial charge is 0.508 e. The lowest BCUT2D eigenvalue weighted by Gasteiger charge is -2.36. The van der Waals surface area contributed by atoms with Gasteiger partial charge in [-0.1, -0.05) is 230 Å². The second-order valence-electron chi connectivity index (χ2n) is 45.7. The Kier molecular flexibility index (Phi) is 34.8. The minimum atomic E-state index is -0.695. The van der Waals surface area contributed by atoms with Gasteiger partial charge in [0, 0.05) is 53.9 Å². The summed E-state index contributed by atoms with van der Waals surface area (Å²) in [4.78, 5) is 69.3. The van der Waals surface area contributed by atoms with Crippen molar-refractivity contribution in [1.29, 1.82) is 0 Å². The molecule has 21 nitrogen and oxygen atoms in total. The van der Waals surface area contributed by atoms with Gasteiger partial charge in [-0.05, 0) is 349 Å². The zero-order valence-corrected chi connectivity index (χ0v) is 89.6. The van der Waals surface area contributed by atoms with E-state index in [1.165, 1.54) is 0 Å². The molecule has 5 fully saturated rings. The molecule has 0 amide bonds. The van der Waals surface area contributed by atoms with Crippen LogP contribution < -0.4 is 23.7 Å². The van der Waals surface area contributed by atoms with Gasteiger partial charge >= 0.3 is 29.8 Å². The minimum absolute atomic E-state index is 0.0139. The highest BCUT2D eigenvalue weighted by Crippen LogP contribution is 2.48. The van der Waals surface area contributed by atoms with Crippen molar-refractivity contribution in [2.45, 2.75) is 335 Å². The van der Waals surface area contributed by atoms with Crippen LogP contribution >= 0.6 is 0 Å². The van der Waals surface area contributed by atoms with Crippen molar-refractivity contribution in [2.75, 3.05) is 33.0 Å². The van der Waals surface area contributed by atoms with Crippen LogP contribution in [0.15, 0.2) is 176 Å². The molecule has 0 aromatic heterocycles. The summed E-state index contributed by atoms with van der Waals surface area (Å²) >= 11 is 0. The number of carbonyl (C=O) groups is 5. The fourth-order valence-electron chi connectivity index (χ4n) is 25.3. The summed E-state index contributed by atoms with van der Waals surface area (Å²) < 4.78 is 62.8. The Balaban J connectivity index is 0.811. The number of hydrogen-bond acceptors (Lipinski definition) is 21. The van der Waals surface area contributed by atoms with Crippen LogP contribution in [0.3, 0.4) is 0 Å². The third-order valence-electron chi connectivity index (χ3n) is 33.9. The minimum Gasteiger partial charge on any atom is -0.508 e. The van der Waals surface area contributed by atoms with Gasteiger partial charge in [-0.15, -0.1) is 0 Å². The van der Waals surface area contributed by atoms with Crippen molar-refractivity contribution in [3.05, 3.63) is 243 Å². The lowest BCUT2D eigenvalue weighted by Crippen LogP contribution is -2.39. The maximum absolute atomic E-state index is 13.9. The number of hydrogen-bond donors (Lipinski definition) is 6. The number of fused-ring (bicyclic) bond motifs is 5. The predicted molar refractivity (Wildman–Crippen MR) is 588 cm³/mol. The zero-order chi connectivity index (χ0) is 106. The van der Waals surface area contributed by atoms with E-state index in [0.717, 1.165) is 199 Å². The first-order valence-electron chi connectivity index (χ1n) is 55.5. The highest BCUT2D eigenvalue weighted by atomic mass is 16.6. The number of carbonyl (C=O) groups excluding carboxylic acids is 5. The van der Waals surface area contributed by atoms with Crippen LogP contribution in [-0.4, -0.2) is 122 Å². The molecule has 796 valence electrons. The van der Waals surface area contributed by atoms with Crippen molar-refractivity contribution in [1.82, 2.24) is 0 Å². The molecule has 150 heavy (non-hydrogen) atoms. The number of esters is 5. The first-order chi connectivity index (χ1) is 72.1. The van der Waals surface area contributed by atoms with E-state index in [-0.39, 0.29) is 129 Å². The fourth-order valence-corrected chi connectivity index (χ4v) is 25.3. The SMILES string of the molecule is CC(C)(OC(=O)COc1cccc2c(O)c(CCc3c(CCc4ccc(O)cc4)c(CCc4ccc5c(OCC(=O)OC(C)(C)C6CCCCC6)cccc5c4O)c(CCc4ccc5c(OCC(=O)OC(C)(C)C6CCCCC6)cccc5c4O)c(CCc4ccc5c(OCC(=O)OC(C)(C)C6CCCCC6)cccc5c4O)c3CCc3ccc4c(OCC(=O)OC(C)(C)C5CCCCC5)cccc4c3O)ccc12)C1CCCCC1. The van der Waals surface area contributed by atoms with Gasteiger partial charge < -0.3 is 78.0 Å². The lowest BCUT2D eigenvalue weighted by atomic mass is 9.76. The molecule has 0 spiro atoms. The molecule has 0 radical (unpaired) electrons. The molecule has 0 unspecified atom stereocenters. The van der Waals surface area contributed by atoms with Crippen LogP contribution in [0.25, 0.3) is 53.9 Å². The Morgan fingerprint density at radius 3 is 0.580 bits per heavy atom. The molecule has 0 aliphatic heterocycles. The molecule has 12 aromatic carbocycles. The highest BCUT2D eigenvalue weighted by Gasteiger charge is 2.41. The quantitative estimate of drug-likeness (QED) is 0.0153. The molecule has 5 aliphatic carbocycles. The van der Waals surface area contributed by atoms with Crippen LogP contribution in [-0.2, 0) is 125 Å². The normalized spacial score (nSPS) is 15.7. The first kappa shape index (κ1) is 108. The number of phenolic OH excluding ortho intramolecular Hbond substituents is 6. The summed E-state index contributed by atoms with van der Waals surface area (Å²) in [5.74, 6) is 0.865. The monoisotopic (exact) mass is 2040 g/mol. The van der Waals surface area contributed by atoms with Gasteiger partial charge in [-0.25, -0.2) is 24.0 Å². The van der Waals surface area contributed by atoms with E-state index in [1.807, 2.05) is 172 Å². The van der Waals surface area contributed by atoms with E-state index in [4.69, 9.17) is 47.4 Å². The van der Waals surface area contributed by atoms with Crippen LogP contribution in [0.5, 0.6) is 63.2 Å². The van der Waals surface area contributed by atoms with Crippen molar-refractivity contribution in [2.24, 2.45) is 29.6 Å². The summed E-state index contributed by atoms with van der Waals surface area (Å²) in [6, 6.07) is 53.6. The maximum atomic E-state index is 13.9. The van der Waals surface area contributed by atoms with E-state index in [9.17, 15) is 54.6 Å². The van der Waals surface area contributed by atoms with Crippen molar-refractivity contribution < 1.29 is 102 Å². The third kappa shape index (κ3) is 25.9. The van der Waals surface area contributed by atoms with E-state index in [2.05, 4.69) is 0 Å². The third-order valence-corrected chi connectivity index (χ3v) is 33.9. The van der Waals surface area contributed by atoms with Crippen molar-refractivity contribution >= 4 is 83.7 Å². The molecule has 12 aromatic rings. The Morgan fingerprint density at radius 1 is 0.213 bits per heavy atom. The highest BCUT2D eigenvalue weighted by molar-refractivity contribution is 5.98. The number of aryl methyl sites for hydroxylation is 6. The molecule has 6 N–H and O–H groups in total. The predicted octanol–water partition coefficient (Wildman–Crippen LogP) is 27.8. The van der Waals surface area contributed by atoms with Gasteiger partial charge in [0.15, 0.2) is 33.0 Å². The average Bonchev–Trinajstić information content (AvgIpc) is 0.748. The number of ether oxygens (including phenoxy) is 10. The number of rotatable bonds is 43. The second-order valence-corrected chi connectivity index (χ2v) is 45.7. The van der Waals surface area contributed by atoms with E-state index < -0.39 is 57.9 Å². The summed E-state index contributed by atoms with van der Waals surface area (Å²) in [7, 11) is 0. The van der Waals surface area contributed by atoms with Gasteiger partial charge in [-0.2, -0.15) is 0 Å². The van der Waals surface area contributed by atoms with Crippen LogP contribution in [0.4, 0.5) is 0 Å². The molecule has 5 saturated carbocycles. The van der Waals surface area contributed by atoms with Crippen molar-refractivity contribution in [3.8, 4) is 63.2 Å². The average molecular weight is 2040 g/mol. The molecule has 0 saturated heterocycles. The van der Waals surface area contributed by atoms with Crippen LogP contribution in [0.1, 0.15) is 297 Å². The van der Waals surface area contributed by atoms with Crippen molar-refractivity contribution in [3.63, 3.8) is 0 Å². The maximum Gasteiger partial charge on any atom is 0.344 e. The van der Waals surface area contributed by atoms with E-state index in [0.29, 0.717) is 155 Å². The number of phenols is 6. The zero-order valence-electron chi connectivity index (χ0n) is 89.6. The van der Waals surface area contributed by atoms with E-state index in [1.54, 1.807) is 72.8 Å².